The van der Waals surface area contributed by atoms with Gasteiger partial charge in [0, 0.05) is 49.5 Å². The minimum atomic E-state index is -0.319. The lowest BCUT2D eigenvalue weighted by Gasteiger charge is -2.28. The second-order valence-corrected chi connectivity index (χ2v) is 8.70. The Morgan fingerprint density at radius 3 is 2.94 bits per heavy atom. The zero-order valence-corrected chi connectivity index (χ0v) is 18.6. The standard InChI is InChI=1S/C22H27N5O4S/c23-20-17-5-7-27(22(29)31-13-10-26-8-11-30-12-9-26)15-18(17)32-21(20)25-19(28)4-3-16-2-1-6-24-14-16/h1-4,6,14H,5,7-13,15,23H2,(H,25,28)/b4-3+. The van der Waals surface area contributed by atoms with E-state index in [1.165, 1.54) is 17.4 Å². The van der Waals surface area contributed by atoms with Crippen molar-refractivity contribution in [2.45, 2.75) is 13.0 Å². The lowest BCUT2D eigenvalue weighted by Crippen LogP contribution is -2.40. The molecule has 0 aliphatic carbocycles. The van der Waals surface area contributed by atoms with Crippen LogP contribution in [0, 0.1) is 0 Å². The number of thiophene rings is 1. The lowest BCUT2D eigenvalue weighted by molar-refractivity contribution is -0.111. The Balaban J connectivity index is 1.30. The van der Waals surface area contributed by atoms with E-state index in [2.05, 4.69) is 15.2 Å². The van der Waals surface area contributed by atoms with Gasteiger partial charge in [-0.2, -0.15) is 0 Å². The molecule has 0 unspecified atom stereocenters. The van der Waals surface area contributed by atoms with Crippen LogP contribution in [0.1, 0.15) is 16.0 Å². The van der Waals surface area contributed by atoms with Crippen molar-refractivity contribution in [3.63, 3.8) is 0 Å². The zero-order valence-electron chi connectivity index (χ0n) is 17.8. The predicted molar refractivity (Wildman–Crippen MR) is 123 cm³/mol. The van der Waals surface area contributed by atoms with Crippen molar-refractivity contribution in [3.05, 3.63) is 46.6 Å². The smallest absolute Gasteiger partial charge is 0.410 e. The van der Waals surface area contributed by atoms with Crippen molar-refractivity contribution in [1.29, 1.82) is 0 Å². The van der Waals surface area contributed by atoms with Crippen LogP contribution in [0.2, 0.25) is 0 Å². The highest BCUT2D eigenvalue weighted by Gasteiger charge is 2.27. The summed E-state index contributed by atoms with van der Waals surface area (Å²) in [7, 11) is 0. The number of amides is 2. The molecule has 0 radical (unpaired) electrons. The topological polar surface area (TPSA) is 110 Å². The van der Waals surface area contributed by atoms with E-state index in [0.29, 0.717) is 43.4 Å². The Morgan fingerprint density at radius 2 is 2.16 bits per heavy atom. The van der Waals surface area contributed by atoms with Crippen LogP contribution >= 0.6 is 11.3 Å². The quantitative estimate of drug-likeness (QED) is 0.640. The average Bonchev–Trinajstić information content (AvgIpc) is 3.13. The van der Waals surface area contributed by atoms with Crippen molar-refractivity contribution < 1.29 is 19.1 Å². The first-order valence-corrected chi connectivity index (χ1v) is 11.4. The summed E-state index contributed by atoms with van der Waals surface area (Å²) in [6.45, 7) is 5.22. The molecule has 2 aromatic heterocycles. The van der Waals surface area contributed by atoms with Crippen LogP contribution < -0.4 is 11.1 Å². The van der Waals surface area contributed by atoms with E-state index in [-0.39, 0.29) is 12.0 Å². The fourth-order valence-corrected chi connectivity index (χ4v) is 4.84. The molecular weight excluding hydrogens is 430 g/mol. The Morgan fingerprint density at radius 1 is 1.31 bits per heavy atom. The van der Waals surface area contributed by atoms with Crippen LogP contribution in [0.3, 0.4) is 0 Å². The van der Waals surface area contributed by atoms with Gasteiger partial charge in [-0.3, -0.25) is 14.7 Å². The molecule has 1 saturated heterocycles. The largest absolute Gasteiger partial charge is 0.448 e. The maximum atomic E-state index is 12.5. The van der Waals surface area contributed by atoms with Crippen LogP contribution in [-0.2, 0) is 27.2 Å². The maximum absolute atomic E-state index is 12.5. The maximum Gasteiger partial charge on any atom is 0.410 e. The van der Waals surface area contributed by atoms with E-state index in [1.54, 1.807) is 23.4 Å². The first kappa shape index (κ1) is 22.3. The third-order valence-corrected chi connectivity index (χ3v) is 6.59. The van der Waals surface area contributed by atoms with Gasteiger partial charge >= 0.3 is 6.09 Å². The minimum Gasteiger partial charge on any atom is -0.448 e. The summed E-state index contributed by atoms with van der Waals surface area (Å²) < 4.78 is 10.8. The van der Waals surface area contributed by atoms with E-state index in [4.69, 9.17) is 15.2 Å². The molecular formula is C22H27N5O4S. The number of nitrogens with two attached hydrogens (primary N) is 1. The van der Waals surface area contributed by atoms with Gasteiger partial charge in [-0.15, -0.1) is 11.3 Å². The SMILES string of the molecule is Nc1c(NC(=O)/C=C/c2cccnc2)sc2c1CCN(C(=O)OCCN1CCOCC1)C2. The Labute approximate surface area is 190 Å². The summed E-state index contributed by atoms with van der Waals surface area (Å²) in [6, 6.07) is 3.67. The first-order chi connectivity index (χ1) is 15.6. The molecule has 0 bridgehead atoms. The average molecular weight is 458 g/mol. The Hall–Kier alpha value is -2.95. The van der Waals surface area contributed by atoms with Gasteiger partial charge in [0.1, 0.15) is 11.6 Å². The number of morpholine rings is 1. The number of ether oxygens (including phenoxy) is 2. The van der Waals surface area contributed by atoms with Gasteiger partial charge in [0.05, 0.1) is 25.4 Å². The number of aromatic nitrogens is 1. The summed E-state index contributed by atoms with van der Waals surface area (Å²) in [5.41, 5.74) is 8.69. The van der Waals surface area contributed by atoms with Crippen LogP contribution in [0.15, 0.2) is 30.6 Å². The summed E-state index contributed by atoms with van der Waals surface area (Å²) in [5.74, 6) is -0.265. The number of nitrogen functional groups attached to an aromatic ring is 1. The molecule has 2 aliphatic rings. The Bertz CT molecular complexity index is 972. The summed E-state index contributed by atoms with van der Waals surface area (Å²) in [5, 5.41) is 3.46. The molecule has 3 N–H and O–H groups in total. The second kappa shape index (κ2) is 10.6. The fraction of sp³-hybridized carbons (Fsp3) is 0.409. The van der Waals surface area contributed by atoms with Gasteiger partial charge in [-0.1, -0.05) is 6.07 Å². The van der Waals surface area contributed by atoms with Crippen molar-refractivity contribution in [3.8, 4) is 0 Å². The fourth-order valence-electron chi connectivity index (χ4n) is 3.65. The van der Waals surface area contributed by atoms with E-state index < -0.39 is 0 Å². The van der Waals surface area contributed by atoms with Crippen LogP contribution in [0.25, 0.3) is 6.08 Å². The number of pyridine rings is 1. The van der Waals surface area contributed by atoms with Crippen molar-refractivity contribution in [2.75, 3.05) is 57.1 Å². The molecule has 10 heteroatoms. The number of carbonyl (C=O) groups excluding carboxylic acids is 2. The lowest BCUT2D eigenvalue weighted by atomic mass is 10.1. The summed E-state index contributed by atoms with van der Waals surface area (Å²) in [4.78, 5) is 33.7. The molecule has 0 spiro atoms. The van der Waals surface area contributed by atoms with Crippen LogP contribution in [-0.4, -0.2) is 72.8 Å². The molecule has 2 aromatic rings. The van der Waals surface area contributed by atoms with Gasteiger partial charge in [-0.25, -0.2) is 4.79 Å². The Kier molecular flexibility index (Phi) is 7.35. The van der Waals surface area contributed by atoms with Gasteiger partial charge < -0.3 is 25.4 Å². The van der Waals surface area contributed by atoms with Gasteiger partial charge in [0.25, 0.3) is 0 Å². The number of nitrogens with one attached hydrogen (secondary N) is 1. The second-order valence-electron chi connectivity index (χ2n) is 7.60. The predicted octanol–water partition coefficient (Wildman–Crippen LogP) is 2.20. The highest BCUT2D eigenvalue weighted by atomic mass is 32.1. The molecule has 2 aliphatic heterocycles. The zero-order chi connectivity index (χ0) is 22.3. The molecule has 0 saturated carbocycles. The van der Waals surface area contributed by atoms with Crippen LogP contribution in [0.4, 0.5) is 15.5 Å². The van der Waals surface area contributed by atoms with E-state index in [1.807, 2.05) is 12.1 Å². The number of hydrogen-bond donors (Lipinski definition) is 2. The molecule has 32 heavy (non-hydrogen) atoms. The van der Waals surface area contributed by atoms with Crippen LogP contribution in [0.5, 0.6) is 0 Å². The van der Waals surface area contributed by atoms with Crippen molar-refractivity contribution in [1.82, 2.24) is 14.8 Å². The first-order valence-electron chi connectivity index (χ1n) is 10.6. The van der Waals surface area contributed by atoms with Gasteiger partial charge in [0.15, 0.2) is 0 Å². The third-order valence-electron chi connectivity index (χ3n) is 5.44. The van der Waals surface area contributed by atoms with Gasteiger partial charge in [-0.05, 0) is 29.7 Å². The molecule has 0 aromatic carbocycles. The number of rotatable bonds is 6. The van der Waals surface area contributed by atoms with Gasteiger partial charge in [0.2, 0.25) is 5.91 Å². The molecule has 1 fully saturated rings. The number of fused-ring (bicyclic) bond motifs is 1. The number of carbonyl (C=O) groups is 2. The minimum absolute atomic E-state index is 0.265. The summed E-state index contributed by atoms with van der Waals surface area (Å²) in [6.07, 6.45) is 6.82. The highest BCUT2D eigenvalue weighted by Crippen LogP contribution is 2.39. The van der Waals surface area contributed by atoms with E-state index in [0.717, 1.165) is 42.3 Å². The monoisotopic (exact) mass is 457 g/mol. The van der Waals surface area contributed by atoms with E-state index >= 15 is 0 Å². The summed E-state index contributed by atoms with van der Waals surface area (Å²) >= 11 is 1.40. The van der Waals surface area contributed by atoms with Crippen molar-refractivity contribution >= 4 is 40.1 Å². The third kappa shape index (κ3) is 5.64. The number of nitrogens with zero attached hydrogens (tertiary/aromatic N) is 3. The van der Waals surface area contributed by atoms with E-state index in [9.17, 15) is 9.59 Å². The van der Waals surface area contributed by atoms with Crippen molar-refractivity contribution in [2.24, 2.45) is 0 Å². The molecule has 9 nitrogen and oxygen atoms in total. The molecule has 2 amide bonds. The molecule has 170 valence electrons. The molecule has 4 heterocycles. The molecule has 4 rings (SSSR count). The number of hydrogen-bond acceptors (Lipinski definition) is 8. The number of anilines is 2. The molecule has 0 atom stereocenters. The normalized spacial score (nSPS) is 16.7. The highest BCUT2D eigenvalue weighted by molar-refractivity contribution is 7.17.